The van der Waals surface area contributed by atoms with E-state index in [0.29, 0.717) is 17.3 Å². The van der Waals surface area contributed by atoms with Crippen molar-refractivity contribution in [3.63, 3.8) is 0 Å². The Morgan fingerprint density at radius 1 is 1.24 bits per heavy atom. The summed E-state index contributed by atoms with van der Waals surface area (Å²) >= 11 is 1.52. The Labute approximate surface area is 125 Å². The summed E-state index contributed by atoms with van der Waals surface area (Å²) in [6.45, 7) is 3.69. The molecule has 0 fully saturated rings. The number of rotatable bonds is 3. The molecule has 2 heterocycles. The molecule has 1 amide bonds. The van der Waals surface area contributed by atoms with E-state index >= 15 is 0 Å². The number of nitrogens with zero attached hydrogens (tertiary/aromatic N) is 2. The van der Waals surface area contributed by atoms with E-state index in [1.807, 2.05) is 31.2 Å². The summed E-state index contributed by atoms with van der Waals surface area (Å²) in [5.74, 6) is 0.930. The first kappa shape index (κ1) is 13.5. The van der Waals surface area contributed by atoms with Crippen LogP contribution in [-0.2, 0) is 0 Å². The molecule has 0 saturated carbocycles. The number of nitrogens with one attached hydrogen (secondary N) is 1. The van der Waals surface area contributed by atoms with Crippen molar-refractivity contribution in [2.45, 2.75) is 13.8 Å². The third-order valence-electron chi connectivity index (χ3n) is 2.95. The first-order valence-corrected chi connectivity index (χ1v) is 7.22. The lowest BCUT2D eigenvalue weighted by Crippen LogP contribution is -2.11. The van der Waals surface area contributed by atoms with E-state index in [1.165, 1.54) is 11.3 Å². The number of aryl methyl sites for hydroxylation is 2. The number of carbonyl (C=O) groups is 1. The van der Waals surface area contributed by atoms with Crippen molar-refractivity contribution in [3.05, 3.63) is 52.7 Å². The van der Waals surface area contributed by atoms with Crippen molar-refractivity contribution in [3.8, 4) is 10.7 Å². The number of carbonyl (C=O) groups excluding carboxylic acids is 1. The fourth-order valence-electron chi connectivity index (χ4n) is 1.90. The van der Waals surface area contributed by atoms with E-state index in [4.69, 9.17) is 4.52 Å². The molecule has 5 nitrogen and oxygen atoms in total. The van der Waals surface area contributed by atoms with Gasteiger partial charge in [-0.1, -0.05) is 23.4 Å². The van der Waals surface area contributed by atoms with Crippen LogP contribution >= 0.6 is 11.3 Å². The Bertz CT molecular complexity index is 777. The summed E-state index contributed by atoms with van der Waals surface area (Å²) in [5, 5.41) is 6.80. The van der Waals surface area contributed by atoms with Crippen molar-refractivity contribution in [1.82, 2.24) is 10.1 Å². The van der Waals surface area contributed by atoms with Gasteiger partial charge in [0.15, 0.2) is 0 Å². The maximum Gasteiger partial charge on any atom is 0.255 e. The van der Waals surface area contributed by atoms with Gasteiger partial charge in [-0.25, -0.2) is 0 Å². The topological polar surface area (TPSA) is 68.0 Å². The molecule has 0 saturated heterocycles. The highest BCUT2D eigenvalue weighted by Gasteiger charge is 2.14. The van der Waals surface area contributed by atoms with Crippen LogP contribution in [0.1, 0.15) is 21.1 Å². The number of thiophene rings is 1. The van der Waals surface area contributed by atoms with Crippen LogP contribution in [0.4, 0.5) is 5.69 Å². The molecule has 0 radical (unpaired) electrons. The molecule has 0 unspecified atom stereocenters. The predicted octanol–water partition coefficient (Wildman–Crippen LogP) is 3.67. The highest BCUT2D eigenvalue weighted by molar-refractivity contribution is 7.16. The van der Waals surface area contributed by atoms with Gasteiger partial charge < -0.3 is 9.84 Å². The molecule has 0 atom stereocenters. The number of hydrogen-bond donors (Lipinski definition) is 1. The normalized spacial score (nSPS) is 10.6. The molecule has 3 rings (SSSR count). The summed E-state index contributed by atoms with van der Waals surface area (Å²) in [4.78, 5) is 18.2. The molecule has 21 heavy (non-hydrogen) atoms. The van der Waals surface area contributed by atoms with Crippen molar-refractivity contribution in [2.75, 3.05) is 5.32 Å². The largest absolute Gasteiger partial charge is 0.339 e. The fourth-order valence-corrected chi connectivity index (χ4v) is 2.80. The lowest BCUT2D eigenvalue weighted by Gasteiger charge is -2.03. The predicted molar refractivity (Wildman–Crippen MR) is 81.5 cm³/mol. The Morgan fingerprint density at radius 2 is 2.00 bits per heavy atom. The van der Waals surface area contributed by atoms with Crippen LogP contribution in [0.2, 0.25) is 0 Å². The van der Waals surface area contributed by atoms with Crippen LogP contribution in [0.3, 0.4) is 0 Å². The van der Waals surface area contributed by atoms with Gasteiger partial charge in [-0.2, -0.15) is 4.98 Å². The highest BCUT2D eigenvalue weighted by atomic mass is 32.1. The van der Waals surface area contributed by atoms with E-state index < -0.39 is 0 Å². The average Bonchev–Trinajstić information content (AvgIpc) is 3.07. The molecule has 1 N–H and O–H groups in total. The lowest BCUT2D eigenvalue weighted by molar-refractivity contribution is 0.102. The summed E-state index contributed by atoms with van der Waals surface area (Å²) < 4.78 is 4.98. The second-order valence-electron chi connectivity index (χ2n) is 4.54. The molecular formula is C15H13N3O2S. The molecule has 2 aromatic heterocycles. The summed E-state index contributed by atoms with van der Waals surface area (Å²) in [6.07, 6.45) is 0. The first-order valence-electron chi connectivity index (χ1n) is 6.41. The average molecular weight is 299 g/mol. The number of amides is 1. The smallest absolute Gasteiger partial charge is 0.255 e. The maximum absolute atomic E-state index is 12.2. The quantitative estimate of drug-likeness (QED) is 0.801. The van der Waals surface area contributed by atoms with Gasteiger partial charge in [-0.15, -0.1) is 11.3 Å². The lowest BCUT2D eigenvalue weighted by atomic mass is 10.2. The summed E-state index contributed by atoms with van der Waals surface area (Å²) in [5.41, 5.74) is 1.39. The van der Waals surface area contributed by atoms with Crippen molar-refractivity contribution in [1.29, 1.82) is 0 Å². The van der Waals surface area contributed by atoms with Gasteiger partial charge in [-0.05, 0) is 25.1 Å². The third kappa shape index (κ3) is 2.85. The molecule has 0 aliphatic heterocycles. The van der Waals surface area contributed by atoms with Crippen LogP contribution in [-0.4, -0.2) is 16.0 Å². The zero-order valence-corrected chi connectivity index (χ0v) is 12.4. The van der Waals surface area contributed by atoms with Crippen LogP contribution < -0.4 is 5.32 Å². The van der Waals surface area contributed by atoms with Gasteiger partial charge in [-0.3, -0.25) is 4.79 Å². The van der Waals surface area contributed by atoms with E-state index in [0.717, 1.165) is 15.4 Å². The van der Waals surface area contributed by atoms with E-state index in [1.54, 1.807) is 19.1 Å². The van der Waals surface area contributed by atoms with Gasteiger partial charge in [0.2, 0.25) is 11.7 Å². The molecule has 0 spiro atoms. The Hall–Kier alpha value is -2.47. The number of anilines is 1. The number of aromatic nitrogens is 2. The van der Waals surface area contributed by atoms with Crippen molar-refractivity contribution in [2.24, 2.45) is 0 Å². The Kier molecular flexibility index (Phi) is 3.53. The second-order valence-corrected chi connectivity index (χ2v) is 5.79. The number of hydrogen-bond acceptors (Lipinski definition) is 5. The fraction of sp³-hybridized carbons (Fsp3) is 0.133. The summed E-state index contributed by atoms with van der Waals surface area (Å²) in [7, 11) is 0. The molecule has 3 aromatic rings. The minimum atomic E-state index is -0.132. The Morgan fingerprint density at radius 3 is 2.67 bits per heavy atom. The van der Waals surface area contributed by atoms with Crippen LogP contribution in [0, 0.1) is 13.8 Å². The zero-order valence-electron chi connectivity index (χ0n) is 11.6. The first-order chi connectivity index (χ1) is 10.1. The molecule has 0 aliphatic rings. The maximum atomic E-state index is 12.2. The van der Waals surface area contributed by atoms with Gasteiger partial charge in [0.1, 0.15) is 0 Å². The van der Waals surface area contributed by atoms with Crippen LogP contribution in [0.15, 0.2) is 40.9 Å². The van der Waals surface area contributed by atoms with Gasteiger partial charge in [0.05, 0.1) is 10.6 Å². The second kappa shape index (κ2) is 5.49. The van der Waals surface area contributed by atoms with E-state index in [-0.39, 0.29) is 5.91 Å². The SMILES string of the molecule is Cc1nc(-c2cc(NC(=O)c3ccccc3)c(C)s2)no1. The molecule has 0 bridgehead atoms. The van der Waals surface area contributed by atoms with Crippen molar-refractivity contribution < 1.29 is 9.32 Å². The Balaban J connectivity index is 1.84. The van der Waals surface area contributed by atoms with Crippen LogP contribution in [0.5, 0.6) is 0 Å². The third-order valence-corrected chi connectivity index (χ3v) is 4.00. The molecule has 106 valence electrons. The summed E-state index contributed by atoms with van der Waals surface area (Å²) in [6, 6.07) is 11.0. The van der Waals surface area contributed by atoms with E-state index in [9.17, 15) is 4.79 Å². The number of benzene rings is 1. The van der Waals surface area contributed by atoms with Gasteiger partial charge >= 0.3 is 0 Å². The van der Waals surface area contributed by atoms with Gasteiger partial charge in [0.25, 0.3) is 5.91 Å². The van der Waals surface area contributed by atoms with Crippen molar-refractivity contribution >= 4 is 22.9 Å². The molecular weight excluding hydrogens is 286 g/mol. The minimum absolute atomic E-state index is 0.132. The zero-order chi connectivity index (χ0) is 14.8. The molecule has 1 aromatic carbocycles. The molecule has 6 heteroatoms. The standard InChI is InChI=1S/C15H13N3O2S/c1-9-12(17-15(19)11-6-4-3-5-7-11)8-13(21-9)14-16-10(2)20-18-14/h3-8H,1-2H3,(H,17,19). The van der Waals surface area contributed by atoms with Crippen LogP contribution in [0.25, 0.3) is 10.7 Å². The highest BCUT2D eigenvalue weighted by Crippen LogP contribution is 2.32. The minimum Gasteiger partial charge on any atom is -0.339 e. The van der Waals surface area contributed by atoms with Gasteiger partial charge in [0, 0.05) is 17.4 Å². The molecule has 0 aliphatic carbocycles. The monoisotopic (exact) mass is 299 g/mol. The van der Waals surface area contributed by atoms with E-state index in [2.05, 4.69) is 15.5 Å².